The predicted molar refractivity (Wildman–Crippen MR) is 70.5 cm³/mol. The van der Waals surface area contributed by atoms with Gasteiger partial charge < -0.3 is 5.73 Å². The van der Waals surface area contributed by atoms with Crippen molar-refractivity contribution in [3.05, 3.63) is 42.2 Å². The molecule has 90 valence electrons. The van der Waals surface area contributed by atoms with Gasteiger partial charge in [-0.3, -0.25) is 4.40 Å². The van der Waals surface area contributed by atoms with Gasteiger partial charge in [-0.15, -0.1) is 10.2 Å². The molecule has 0 amide bonds. The highest BCUT2D eigenvalue weighted by Crippen LogP contribution is 2.26. The average Bonchev–Trinajstić information content (AvgIpc) is 2.78. The zero-order chi connectivity index (χ0) is 12.5. The van der Waals surface area contributed by atoms with Crippen LogP contribution in [0.1, 0.15) is 5.56 Å². The zero-order valence-corrected chi connectivity index (χ0v) is 10.6. The third-order valence-corrected chi connectivity index (χ3v) is 3.49. The van der Waals surface area contributed by atoms with E-state index < -0.39 is 0 Å². The van der Waals surface area contributed by atoms with E-state index in [1.807, 2.05) is 41.8 Å². The van der Waals surface area contributed by atoms with Crippen molar-refractivity contribution in [3.63, 3.8) is 0 Å². The van der Waals surface area contributed by atoms with Crippen LogP contribution in [-0.4, -0.2) is 19.6 Å². The average molecular weight is 257 g/mol. The summed E-state index contributed by atoms with van der Waals surface area (Å²) in [5, 5.41) is 9.82. The summed E-state index contributed by atoms with van der Waals surface area (Å²) >= 11 is 1.44. The van der Waals surface area contributed by atoms with E-state index in [4.69, 9.17) is 5.73 Å². The van der Waals surface area contributed by atoms with Gasteiger partial charge in [0.2, 0.25) is 5.16 Å². The summed E-state index contributed by atoms with van der Waals surface area (Å²) in [6.07, 6.45) is 3.69. The van der Waals surface area contributed by atoms with E-state index >= 15 is 0 Å². The fraction of sp³-hybridized carbons (Fsp3) is 0.0833. The number of rotatable bonds is 2. The number of aromatic nitrogens is 4. The quantitative estimate of drug-likeness (QED) is 0.762. The highest BCUT2D eigenvalue weighted by molar-refractivity contribution is 7.99. The number of nitrogens with zero attached hydrogens (tertiary/aromatic N) is 4. The second-order valence-electron chi connectivity index (χ2n) is 3.89. The summed E-state index contributed by atoms with van der Waals surface area (Å²) in [6, 6.07) is 7.63. The van der Waals surface area contributed by atoms with Crippen LogP contribution < -0.4 is 5.73 Å². The number of fused-ring (bicyclic) bond motifs is 1. The smallest absolute Gasteiger partial charge is 0.201 e. The second kappa shape index (κ2) is 4.30. The lowest BCUT2D eigenvalue weighted by Crippen LogP contribution is -1.93. The molecule has 3 aromatic heterocycles. The lowest BCUT2D eigenvalue weighted by molar-refractivity contribution is 0.917. The lowest BCUT2D eigenvalue weighted by Gasteiger charge is -2.02. The Bertz CT molecular complexity index is 707. The zero-order valence-electron chi connectivity index (χ0n) is 9.74. The number of anilines is 1. The molecular weight excluding hydrogens is 246 g/mol. The van der Waals surface area contributed by atoms with Crippen LogP contribution in [0.15, 0.2) is 46.8 Å². The van der Waals surface area contributed by atoms with E-state index in [1.54, 1.807) is 6.20 Å². The van der Waals surface area contributed by atoms with Crippen LogP contribution >= 0.6 is 11.8 Å². The van der Waals surface area contributed by atoms with Crippen molar-refractivity contribution in [1.29, 1.82) is 0 Å². The molecule has 0 saturated carbocycles. The highest BCUT2D eigenvalue weighted by Gasteiger charge is 2.08. The first-order chi connectivity index (χ1) is 8.74. The van der Waals surface area contributed by atoms with Crippen LogP contribution in [0.5, 0.6) is 0 Å². The first-order valence-corrected chi connectivity index (χ1v) is 6.25. The Hall–Kier alpha value is -2.08. The Labute approximate surface area is 108 Å². The van der Waals surface area contributed by atoms with Gasteiger partial charge in [0, 0.05) is 18.1 Å². The van der Waals surface area contributed by atoms with E-state index in [9.17, 15) is 0 Å². The molecule has 0 bridgehead atoms. The summed E-state index contributed by atoms with van der Waals surface area (Å²) in [5.41, 5.74) is 8.40. The van der Waals surface area contributed by atoms with Gasteiger partial charge in [0.15, 0.2) is 5.65 Å². The topological polar surface area (TPSA) is 69.1 Å². The van der Waals surface area contributed by atoms with E-state index in [-0.39, 0.29) is 0 Å². The molecule has 0 atom stereocenters. The van der Waals surface area contributed by atoms with Gasteiger partial charge in [-0.25, -0.2) is 4.98 Å². The van der Waals surface area contributed by atoms with E-state index in [0.717, 1.165) is 27.1 Å². The van der Waals surface area contributed by atoms with Gasteiger partial charge in [0.1, 0.15) is 5.03 Å². The van der Waals surface area contributed by atoms with Crippen LogP contribution in [-0.2, 0) is 0 Å². The Morgan fingerprint density at radius 3 is 3.00 bits per heavy atom. The number of nitrogen functional groups attached to an aromatic ring is 1. The maximum Gasteiger partial charge on any atom is 0.201 e. The highest BCUT2D eigenvalue weighted by atomic mass is 32.2. The van der Waals surface area contributed by atoms with Crippen molar-refractivity contribution in [2.24, 2.45) is 0 Å². The van der Waals surface area contributed by atoms with Crippen LogP contribution in [0.4, 0.5) is 5.69 Å². The first kappa shape index (κ1) is 11.0. The molecule has 6 heteroatoms. The minimum atomic E-state index is 0.737. The molecule has 3 heterocycles. The van der Waals surface area contributed by atoms with Crippen molar-refractivity contribution >= 4 is 23.1 Å². The van der Waals surface area contributed by atoms with Gasteiger partial charge in [-0.2, -0.15) is 0 Å². The molecule has 5 nitrogen and oxygen atoms in total. The number of pyridine rings is 2. The molecule has 0 radical (unpaired) electrons. The molecule has 0 aliphatic heterocycles. The molecule has 0 aromatic carbocycles. The van der Waals surface area contributed by atoms with Crippen molar-refractivity contribution in [2.45, 2.75) is 17.1 Å². The SMILES string of the molecule is Cc1cnc(Sc2nnc3ccccn23)cc1N. The summed E-state index contributed by atoms with van der Waals surface area (Å²) in [4.78, 5) is 4.32. The van der Waals surface area contributed by atoms with Crippen molar-refractivity contribution in [3.8, 4) is 0 Å². The molecule has 2 N–H and O–H groups in total. The van der Waals surface area contributed by atoms with Crippen molar-refractivity contribution in [1.82, 2.24) is 19.6 Å². The minimum Gasteiger partial charge on any atom is -0.398 e. The fourth-order valence-corrected chi connectivity index (χ4v) is 2.37. The Morgan fingerprint density at radius 2 is 2.17 bits per heavy atom. The van der Waals surface area contributed by atoms with Gasteiger partial charge in [0.05, 0.1) is 0 Å². The van der Waals surface area contributed by atoms with Crippen molar-refractivity contribution in [2.75, 3.05) is 5.73 Å². The van der Waals surface area contributed by atoms with E-state index in [1.165, 1.54) is 11.8 Å². The van der Waals surface area contributed by atoms with Crippen LogP contribution in [0.25, 0.3) is 5.65 Å². The normalized spacial score (nSPS) is 10.9. The summed E-state index contributed by atoms with van der Waals surface area (Å²) < 4.78 is 1.92. The molecule has 0 aliphatic carbocycles. The van der Waals surface area contributed by atoms with Gasteiger partial charge in [0.25, 0.3) is 0 Å². The summed E-state index contributed by atoms with van der Waals surface area (Å²) in [5.74, 6) is 0. The monoisotopic (exact) mass is 257 g/mol. The number of aryl methyl sites for hydroxylation is 1. The molecule has 3 aromatic rings. The Kier molecular flexibility index (Phi) is 2.64. The molecule has 0 fully saturated rings. The molecule has 3 rings (SSSR count). The Balaban J connectivity index is 1.98. The van der Waals surface area contributed by atoms with Gasteiger partial charge >= 0.3 is 0 Å². The molecule has 0 saturated heterocycles. The van der Waals surface area contributed by atoms with Crippen molar-refractivity contribution < 1.29 is 0 Å². The molecule has 0 aliphatic rings. The molecular formula is C12H11N5S. The molecule has 18 heavy (non-hydrogen) atoms. The summed E-state index contributed by atoms with van der Waals surface area (Å²) in [6.45, 7) is 1.93. The third kappa shape index (κ3) is 1.91. The number of hydrogen-bond donors (Lipinski definition) is 1. The second-order valence-corrected chi connectivity index (χ2v) is 4.88. The molecule has 0 unspecified atom stereocenters. The van der Waals surface area contributed by atoms with Crippen LogP contribution in [0, 0.1) is 6.92 Å². The Morgan fingerprint density at radius 1 is 1.28 bits per heavy atom. The van der Waals surface area contributed by atoms with Gasteiger partial charge in [-0.05, 0) is 42.4 Å². The predicted octanol–water partition coefficient (Wildman–Crippen LogP) is 2.17. The van der Waals surface area contributed by atoms with E-state index in [2.05, 4.69) is 15.2 Å². The fourth-order valence-electron chi connectivity index (χ4n) is 1.56. The first-order valence-electron chi connectivity index (χ1n) is 5.44. The van der Waals surface area contributed by atoms with Crippen LogP contribution in [0.3, 0.4) is 0 Å². The lowest BCUT2D eigenvalue weighted by atomic mass is 10.3. The van der Waals surface area contributed by atoms with Gasteiger partial charge in [-0.1, -0.05) is 6.07 Å². The maximum absolute atomic E-state index is 5.87. The number of hydrogen-bond acceptors (Lipinski definition) is 5. The summed E-state index contributed by atoms with van der Waals surface area (Å²) in [7, 11) is 0. The number of nitrogens with two attached hydrogens (primary N) is 1. The largest absolute Gasteiger partial charge is 0.398 e. The van der Waals surface area contributed by atoms with E-state index in [0.29, 0.717) is 0 Å². The molecule has 0 spiro atoms. The maximum atomic E-state index is 5.87. The standard InChI is InChI=1S/C12H11N5S/c1-8-7-14-11(6-9(8)13)18-12-16-15-10-4-2-3-5-17(10)12/h2-7H,1H3,(H2,13,14). The van der Waals surface area contributed by atoms with Crippen LogP contribution in [0.2, 0.25) is 0 Å². The minimum absolute atomic E-state index is 0.737. The third-order valence-electron chi connectivity index (χ3n) is 2.60.